The van der Waals surface area contributed by atoms with Gasteiger partial charge in [0.1, 0.15) is 5.84 Å². The van der Waals surface area contributed by atoms with Crippen LogP contribution in [0.15, 0.2) is 5.16 Å². The van der Waals surface area contributed by atoms with Crippen molar-refractivity contribution in [2.45, 2.75) is 6.42 Å². The Hall–Kier alpha value is -0.770. The van der Waals surface area contributed by atoms with E-state index < -0.39 is 0 Å². The molecule has 0 fully saturated rings. The smallest absolute Gasteiger partial charge is 0.140 e. The standard InChI is InChI=1S/C5H13N3O/c1-8(2)4-3-5(6)7-9/h9H,3-4H2,1-2H3,(H2,6,7). The first-order valence-electron chi connectivity index (χ1n) is 2.78. The van der Waals surface area contributed by atoms with Gasteiger partial charge >= 0.3 is 0 Å². The van der Waals surface area contributed by atoms with Crippen molar-refractivity contribution in [3.05, 3.63) is 0 Å². The third kappa shape index (κ3) is 5.10. The van der Waals surface area contributed by atoms with Crippen molar-refractivity contribution in [1.29, 1.82) is 0 Å². The van der Waals surface area contributed by atoms with Crippen LogP contribution in [0.2, 0.25) is 0 Å². The molecule has 0 saturated heterocycles. The van der Waals surface area contributed by atoms with Gasteiger partial charge in [-0.25, -0.2) is 0 Å². The summed E-state index contributed by atoms with van der Waals surface area (Å²) in [5.41, 5.74) is 5.19. The van der Waals surface area contributed by atoms with E-state index in [-0.39, 0.29) is 5.84 Å². The fourth-order valence-corrected chi connectivity index (χ4v) is 0.388. The molecule has 0 atom stereocenters. The first-order chi connectivity index (χ1) is 4.16. The van der Waals surface area contributed by atoms with Gasteiger partial charge in [-0.1, -0.05) is 5.16 Å². The molecule has 0 rings (SSSR count). The van der Waals surface area contributed by atoms with Gasteiger partial charge in [-0.3, -0.25) is 0 Å². The molecule has 9 heavy (non-hydrogen) atoms. The second-order valence-corrected chi connectivity index (χ2v) is 2.14. The lowest BCUT2D eigenvalue weighted by molar-refractivity contribution is 0.315. The molecule has 4 heteroatoms. The lowest BCUT2D eigenvalue weighted by Gasteiger charge is -2.06. The molecule has 0 radical (unpaired) electrons. The zero-order valence-electron chi connectivity index (χ0n) is 5.83. The first-order valence-corrected chi connectivity index (χ1v) is 2.78. The van der Waals surface area contributed by atoms with Crippen LogP contribution in [0, 0.1) is 0 Å². The molecule has 0 spiro atoms. The van der Waals surface area contributed by atoms with Gasteiger partial charge in [0.2, 0.25) is 0 Å². The highest BCUT2D eigenvalue weighted by Gasteiger charge is 1.92. The van der Waals surface area contributed by atoms with Crippen molar-refractivity contribution in [1.82, 2.24) is 4.90 Å². The van der Waals surface area contributed by atoms with Crippen LogP contribution in [0.5, 0.6) is 0 Å². The van der Waals surface area contributed by atoms with Gasteiger partial charge in [0.25, 0.3) is 0 Å². The van der Waals surface area contributed by atoms with Crippen molar-refractivity contribution < 1.29 is 5.21 Å². The highest BCUT2D eigenvalue weighted by Crippen LogP contribution is 1.81. The summed E-state index contributed by atoms with van der Waals surface area (Å²) in [4.78, 5) is 1.97. The summed E-state index contributed by atoms with van der Waals surface area (Å²) in [6.45, 7) is 0.815. The molecule has 3 N–H and O–H groups in total. The average Bonchev–Trinajstić information content (AvgIpc) is 1.83. The van der Waals surface area contributed by atoms with Crippen LogP contribution in [-0.4, -0.2) is 36.6 Å². The molecule has 54 valence electrons. The third-order valence-corrected chi connectivity index (χ3v) is 0.944. The Morgan fingerprint density at radius 3 is 2.56 bits per heavy atom. The molecule has 0 aromatic rings. The number of nitrogens with two attached hydrogens (primary N) is 1. The largest absolute Gasteiger partial charge is 0.409 e. The quantitative estimate of drug-likeness (QED) is 0.239. The van der Waals surface area contributed by atoms with E-state index in [1.807, 2.05) is 19.0 Å². The zero-order chi connectivity index (χ0) is 7.28. The summed E-state index contributed by atoms with van der Waals surface area (Å²) in [5, 5.41) is 10.9. The van der Waals surface area contributed by atoms with E-state index in [0.717, 1.165) is 6.54 Å². The fourth-order valence-electron chi connectivity index (χ4n) is 0.388. The number of oxime groups is 1. The molecule has 0 aliphatic carbocycles. The van der Waals surface area contributed by atoms with E-state index in [1.54, 1.807) is 0 Å². The maximum atomic E-state index is 8.09. The van der Waals surface area contributed by atoms with E-state index in [9.17, 15) is 0 Å². The predicted molar refractivity (Wildman–Crippen MR) is 36.6 cm³/mol. The molecule has 4 nitrogen and oxygen atoms in total. The second-order valence-electron chi connectivity index (χ2n) is 2.14. The minimum absolute atomic E-state index is 0.281. The van der Waals surface area contributed by atoms with Crippen LogP contribution >= 0.6 is 0 Å². The summed E-state index contributed by atoms with van der Waals surface area (Å²) >= 11 is 0. The molecule has 0 amide bonds. The molecule has 0 bridgehead atoms. The van der Waals surface area contributed by atoms with Gasteiger partial charge in [0.05, 0.1) is 0 Å². The van der Waals surface area contributed by atoms with Gasteiger partial charge in [-0.05, 0) is 14.1 Å². The van der Waals surface area contributed by atoms with Gasteiger partial charge in [-0.15, -0.1) is 0 Å². The van der Waals surface area contributed by atoms with Gasteiger partial charge in [0.15, 0.2) is 0 Å². The van der Waals surface area contributed by atoms with E-state index >= 15 is 0 Å². The number of rotatable bonds is 3. The third-order valence-electron chi connectivity index (χ3n) is 0.944. The SMILES string of the molecule is CN(C)CC/C(N)=N/O. The van der Waals surface area contributed by atoms with Crippen molar-refractivity contribution in [3.63, 3.8) is 0 Å². The highest BCUT2D eigenvalue weighted by atomic mass is 16.4. The number of hydrogen-bond donors (Lipinski definition) is 2. The average molecular weight is 131 g/mol. The monoisotopic (exact) mass is 131 g/mol. The summed E-state index contributed by atoms with van der Waals surface area (Å²) < 4.78 is 0. The van der Waals surface area contributed by atoms with Gasteiger partial charge < -0.3 is 15.8 Å². The number of hydrogen-bond acceptors (Lipinski definition) is 3. The molecule has 0 aliphatic heterocycles. The predicted octanol–water partition coefficient (Wildman–Crippen LogP) is -0.316. The molecule has 0 saturated carbocycles. The minimum Gasteiger partial charge on any atom is -0.409 e. The maximum Gasteiger partial charge on any atom is 0.140 e. The first kappa shape index (κ1) is 8.23. The lowest BCUT2D eigenvalue weighted by Crippen LogP contribution is -2.21. The van der Waals surface area contributed by atoms with E-state index in [4.69, 9.17) is 10.9 Å². The van der Waals surface area contributed by atoms with Crippen molar-refractivity contribution in [2.24, 2.45) is 10.9 Å². The second kappa shape index (κ2) is 4.14. The van der Waals surface area contributed by atoms with Gasteiger partial charge in [0, 0.05) is 13.0 Å². The molecule has 0 heterocycles. The number of amidine groups is 1. The number of nitrogens with zero attached hydrogens (tertiary/aromatic N) is 2. The highest BCUT2D eigenvalue weighted by molar-refractivity contribution is 5.79. The summed E-state index contributed by atoms with van der Waals surface area (Å²) in [5.74, 6) is 0.281. The fraction of sp³-hybridized carbons (Fsp3) is 0.800. The van der Waals surface area contributed by atoms with Crippen molar-refractivity contribution >= 4 is 5.84 Å². The van der Waals surface area contributed by atoms with Crippen LogP contribution in [0.3, 0.4) is 0 Å². The summed E-state index contributed by atoms with van der Waals surface area (Å²) in [6.07, 6.45) is 0.615. The van der Waals surface area contributed by atoms with Crippen LogP contribution < -0.4 is 5.73 Å². The van der Waals surface area contributed by atoms with Crippen LogP contribution in [-0.2, 0) is 0 Å². The topological polar surface area (TPSA) is 61.8 Å². The lowest BCUT2D eigenvalue weighted by atomic mass is 10.4. The van der Waals surface area contributed by atoms with Crippen molar-refractivity contribution in [2.75, 3.05) is 20.6 Å². The Kier molecular flexibility index (Phi) is 3.79. The Labute approximate surface area is 54.9 Å². The zero-order valence-corrected chi connectivity index (χ0v) is 5.83. The Morgan fingerprint density at radius 2 is 2.22 bits per heavy atom. The molecular formula is C5H13N3O. The summed E-state index contributed by atoms with van der Waals surface area (Å²) in [6, 6.07) is 0. The van der Waals surface area contributed by atoms with E-state index in [0.29, 0.717) is 6.42 Å². The Morgan fingerprint density at radius 1 is 1.67 bits per heavy atom. The molecular weight excluding hydrogens is 118 g/mol. The van der Waals surface area contributed by atoms with Crippen molar-refractivity contribution in [3.8, 4) is 0 Å². The summed E-state index contributed by atoms with van der Waals surface area (Å²) in [7, 11) is 3.87. The molecule has 0 aromatic heterocycles. The van der Waals surface area contributed by atoms with Gasteiger partial charge in [-0.2, -0.15) is 0 Å². The van der Waals surface area contributed by atoms with E-state index in [2.05, 4.69) is 5.16 Å². The normalized spacial score (nSPS) is 12.6. The maximum absolute atomic E-state index is 8.09. The van der Waals surface area contributed by atoms with Crippen LogP contribution in [0.1, 0.15) is 6.42 Å². The minimum atomic E-state index is 0.281. The van der Waals surface area contributed by atoms with Crippen LogP contribution in [0.25, 0.3) is 0 Å². The Bertz CT molecular complexity index is 100. The molecule has 0 aromatic carbocycles. The molecule has 0 aliphatic rings. The molecule has 0 unspecified atom stereocenters. The Balaban J connectivity index is 3.28. The van der Waals surface area contributed by atoms with Crippen LogP contribution in [0.4, 0.5) is 0 Å². The van der Waals surface area contributed by atoms with E-state index in [1.165, 1.54) is 0 Å².